The SMILES string of the molecule is C[C@]1(O)C[C@@]2(C)[C@@H](CC[C@]2(C)O)[C@@H]2CC[C@H]3CCCC[C@]3(C)C21. The van der Waals surface area contributed by atoms with Crippen molar-refractivity contribution in [2.75, 3.05) is 0 Å². The van der Waals surface area contributed by atoms with Crippen LogP contribution >= 0.6 is 0 Å². The summed E-state index contributed by atoms with van der Waals surface area (Å²) in [5.41, 5.74) is -1.04. The molecule has 23 heavy (non-hydrogen) atoms. The molecule has 132 valence electrons. The zero-order chi connectivity index (χ0) is 16.7. The summed E-state index contributed by atoms with van der Waals surface area (Å²) in [6.45, 7) is 8.89. The first-order valence-corrected chi connectivity index (χ1v) is 10.1. The van der Waals surface area contributed by atoms with E-state index < -0.39 is 11.2 Å². The lowest BCUT2D eigenvalue weighted by molar-refractivity contribution is -0.231. The lowest BCUT2D eigenvalue weighted by atomic mass is 9.41. The Bertz CT molecular complexity index is 496. The predicted molar refractivity (Wildman–Crippen MR) is 93.0 cm³/mol. The highest BCUT2D eigenvalue weighted by Crippen LogP contribution is 2.70. The second-order valence-corrected chi connectivity index (χ2v) is 10.5. The summed E-state index contributed by atoms with van der Waals surface area (Å²) in [7, 11) is 0. The highest BCUT2D eigenvalue weighted by atomic mass is 16.3. The predicted octanol–water partition coefficient (Wildman–Crippen LogP) is 4.53. The van der Waals surface area contributed by atoms with E-state index in [1.165, 1.54) is 38.5 Å². The molecule has 2 nitrogen and oxygen atoms in total. The lowest BCUT2D eigenvalue weighted by Crippen LogP contribution is -2.64. The fourth-order valence-corrected chi connectivity index (χ4v) is 8.27. The number of hydrogen-bond donors (Lipinski definition) is 2. The molecule has 4 aliphatic carbocycles. The first-order chi connectivity index (χ1) is 10.6. The molecular weight excluding hydrogens is 284 g/mol. The van der Waals surface area contributed by atoms with Crippen molar-refractivity contribution in [3.63, 3.8) is 0 Å². The van der Waals surface area contributed by atoms with Crippen LogP contribution in [0.4, 0.5) is 0 Å². The van der Waals surface area contributed by atoms with E-state index in [2.05, 4.69) is 20.8 Å². The molecule has 2 N–H and O–H groups in total. The average molecular weight is 321 g/mol. The van der Waals surface area contributed by atoms with Gasteiger partial charge in [0.2, 0.25) is 0 Å². The quantitative estimate of drug-likeness (QED) is 0.688. The Labute approximate surface area is 142 Å². The minimum atomic E-state index is -0.630. The topological polar surface area (TPSA) is 40.5 Å². The van der Waals surface area contributed by atoms with Crippen molar-refractivity contribution >= 4 is 0 Å². The van der Waals surface area contributed by atoms with E-state index in [1.807, 2.05) is 6.92 Å². The molecule has 0 saturated heterocycles. The molecule has 4 saturated carbocycles. The van der Waals surface area contributed by atoms with Gasteiger partial charge < -0.3 is 10.2 Å². The van der Waals surface area contributed by atoms with Gasteiger partial charge in [-0.1, -0.05) is 26.7 Å². The molecule has 0 aromatic carbocycles. The molecule has 0 aliphatic heterocycles. The maximum absolute atomic E-state index is 11.6. The van der Waals surface area contributed by atoms with Crippen LogP contribution in [0.25, 0.3) is 0 Å². The van der Waals surface area contributed by atoms with E-state index in [1.54, 1.807) is 0 Å². The summed E-state index contributed by atoms with van der Waals surface area (Å²) < 4.78 is 0. The molecule has 0 bridgehead atoms. The van der Waals surface area contributed by atoms with Gasteiger partial charge in [-0.3, -0.25) is 0 Å². The van der Waals surface area contributed by atoms with Crippen LogP contribution in [-0.4, -0.2) is 21.4 Å². The number of hydrogen-bond acceptors (Lipinski definition) is 2. The Kier molecular flexibility index (Phi) is 3.39. The first-order valence-electron chi connectivity index (χ1n) is 10.1. The molecule has 4 aliphatic rings. The van der Waals surface area contributed by atoms with Gasteiger partial charge in [-0.05, 0) is 87.9 Å². The molecule has 4 fully saturated rings. The van der Waals surface area contributed by atoms with Crippen LogP contribution in [0.3, 0.4) is 0 Å². The van der Waals surface area contributed by atoms with Crippen molar-refractivity contribution < 1.29 is 10.2 Å². The Balaban J connectivity index is 1.77. The maximum atomic E-state index is 11.6. The number of aliphatic hydroxyl groups is 2. The van der Waals surface area contributed by atoms with Gasteiger partial charge in [-0.25, -0.2) is 0 Å². The summed E-state index contributed by atoms with van der Waals surface area (Å²) in [5.74, 6) is 2.45. The van der Waals surface area contributed by atoms with Crippen LogP contribution in [-0.2, 0) is 0 Å². The van der Waals surface area contributed by atoms with Gasteiger partial charge in [-0.2, -0.15) is 0 Å². The second kappa shape index (κ2) is 4.75. The molecule has 0 spiro atoms. The standard InChI is InChI=1S/C21H36O2/c1-18-11-6-5-7-14(18)8-9-15-16-10-12-21(4,23)19(16,2)13-20(3,22)17(15)18/h14-17,22-23H,5-13H2,1-4H3/t14-,15+,16+,17?,18+,19+,20+,21+/m1/s1. The lowest BCUT2D eigenvalue weighted by Gasteiger charge is -2.65. The molecule has 0 heterocycles. The van der Waals surface area contributed by atoms with E-state index in [9.17, 15) is 10.2 Å². The molecule has 0 radical (unpaired) electrons. The largest absolute Gasteiger partial charge is 0.390 e. The fourth-order valence-electron chi connectivity index (χ4n) is 8.27. The minimum absolute atomic E-state index is 0.116. The third-order valence-electron chi connectivity index (χ3n) is 9.34. The summed E-state index contributed by atoms with van der Waals surface area (Å²) in [6, 6.07) is 0. The van der Waals surface area contributed by atoms with E-state index in [0.29, 0.717) is 23.2 Å². The monoisotopic (exact) mass is 320 g/mol. The van der Waals surface area contributed by atoms with Gasteiger partial charge >= 0.3 is 0 Å². The highest BCUT2D eigenvalue weighted by Gasteiger charge is 2.68. The minimum Gasteiger partial charge on any atom is -0.390 e. The maximum Gasteiger partial charge on any atom is 0.0677 e. The Hall–Kier alpha value is -0.0800. The summed E-state index contributed by atoms with van der Waals surface area (Å²) in [5, 5.41) is 22.7. The van der Waals surface area contributed by atoms with E-state index >= 15 is 0 Å². The van der Waals surface area contributed by atoms with Gasteiger partial charge in [0.05, 0.1) is 11.2 Å². The normalized spacial score (nSPS) is 62.3. The number of rotatable bonds is 0. The van der Waals surface area contributed by atoms with Crippen LogP contribution in [0.2, 0.25) is 0 Å². The van der Waals surface area contributed by atoms with E-state index in [0.717, 1.165) is 25.2 Å². The van der Waals surface area contributed by atoms with Crippen molar-refractivity contribution in [1.29, 1.82) is 0 Å². The van der Waals surface area contributed by atoms with Crippen molar-refractivity contribution in [3.05, 3.63) is 0 Å². The summed E-state index contributed by atoms with van der Waals surface area (Å²) >= 11 is 0. The van der Waals surface area contributed by atoms with E-state index in [-0.39, 0.29) is 5.41 Å². The second-order valence-electron chi connectivity index (χ2n) is 10.5. The molecule has 4 rings (SSSR count). The van der Waals surface area contributed by atoms with Crippen molar-refractivity contribution in [1.82, 2.24) is 0 Å². The van der Waals surface area contributed by atoms with Crippen LogP contribution in [0, 0.1) is 34.5 Å². The average Bonchev–Trinajstić information content (AvgIpc) is 2.66. The van der Waals surface area contributed by atoms with Crippen molar-refractivity contribution in [3.8, 4) is 0 Å². The van der Waals surface area contributed by atoms with Gasteiger partial charge in [0, 0.05) is 5.41 Å². The smallest absolute Gasteiger partial charge is 0.0677 e. The summed E-state index contributed by atoms with van der Waals surface area (Å²) in [6.07, 6.45) is 10.9. The number of fused-ring (bicyclic) bond motifs is 5. The third kappa shape index (κ3) is 2.00. The fraction of sp³-hybridized carbons (Fsp3) is 1.00. The molecule has 1 unspecified atom stereocenters. The van der Waals surface area contributed by atoms with Crippen LogP contribution in [0.15, 0.2) is 0 Å². The third-order valence-corrected chi connectivity index (χ3v) is 9.34. The van der Waals surface area contributed by atoms with Crippen molar-refractivity contribution in [2.45, 2.75) is 96.7 Å². The zero-order valence-electron chi connectivity index (χ0n) is 15.6. The Morgan fingerprint density at radius 2 is 1.57 bits per heavy atom. The zero-order valence-corrected chi connectivity index (χ0v) is 15.6. The first kappa shape index (κ1) is 16.4. The Morgan fingerprint density at radius 3 is 2.30 bits per heavy atom. The van der Waals surface area contributed by atoms with E-state index in [4.69, 9.17) is 0 Å². The van der Waals surface area contributed by atoms with Crippen LogP contribution < -0.4 is 0 Å². The molecule has 0 aromatic rings. The van der Waals surface area contributed by atoms with Crippen LogP contribution in [0.5, 0.6) is 0 Å². The van der Waals surface area contributed by atoms with Gasteiger partial charge in [0.15, 0.2) is 0 Å². The molecule has 0 amide bonds. The van der Waals surface area contributed by atoms with Gasteiger partial charge in [-0.15, -0.1) is 0 Å². The molecule has 8 atom stereocenters. The van der Waals surface area contributed by atoms with Gasteiger partial charge in [0.1, 0.15) is 0 Å². The Morgan fingerprint density at radius 1 is 0.826 bits per heavy atom. The molecule has 2 heteroatoms. The molecule has 0 aromatic heterocycles. The summed E-state index contributed by atoms with van der Waals surface area (Å²) in [4.78, 5) is 0. The van der Waals surface area contributed by atoms with Crippen molar-refractivity contribution in [2.24, 2.45) is 34.5 Å². The van der Waals surface area contributed by atoms with Gasteiger partial charge in [0.25, 0.3) is 0 Å². The molecular formula is C21H36O2. The van der Waals surface area contributed by atoms with Crippen LogP contribution in [0.1, 0.15) is 85.5 Å². The highest BCUT2D eigenvalue weighted by molar-refractivity contribution is 5.17.